The number of benzene rings is 2. The Kier molecular flexibility index (Phi) is 5.91. The first-order chi connectivity index (χ1) is 15.0. The number of rotatable bonds is 6. The summed E-state index contributed by atoms with van der Waals surface area (Å²) in [6.07, 6.45) is 0. The largest absolute Gasteiger partial charge is 0.507 e. The van der Waals surface area contributed by atoms with Crippen LogP contribution in [0.5, 0.6) is 5.75 Å². The number of carbonyl (C=O) groups is 2. The number of aryl methyl sites for hydroxylation is 1. The highest BCUT2D eigenvalue weighted by Crippen LogP contribution is 2.41. The molecule has 0 bridgehead atoms. The number of ether oxygens (including phenoxy) is 1. The van der Waals surface area contributed by atoms with E-state index < -0.39 is 17.7 Å². The van der Waals surface area contributed by atoms with Gasteiger partial charge in [-0.2, -0.15) is 0 Å². The molecular formula is C25H23NO4S. The minimum Gasteiger partial charge on any atom is -0.507 e. The van der Waals surface area contributed by atoms with E-state index in [-0.39, 0.29) is 11.3 Å². The van der Waals surface area contributed by atoms with Crippen LogP contribution < -0.4 is 4.74 Å². The maximum atomic E-state index is 13.1. The van der Waals surface area contributed by atoms with Gasteiger partial charge in [0, 0.05) is 10.4 Å². The lowest BCUT2D eigenvalue weighted by molar-refractivity contribution is -0.140. The van der Waals surface area contributed by atoms with Gasteiger partial charge in [-0.3, -0.25) is 9.59 Å². The van der Waals surface area contributed by atoms with Crippen molar-refractivity contribution in [3.8, 4) is 5.75 Å². The van der Waals surface area contributed by atoms with Crippen molar-refractivity contribution in [2.75, 3.05) is 6.61 Å². The van der Waals surface area contributed by atoms with E-state index in [0.717, 1.165) is 16.0 Å². The van der Waals surface area contributed by atoms with Gasteiger partial charge in [0.1, 0.15) is 11.5 Å². The minimum atomic E-state index is -0.670. The molecule has 4 rings (SSSR count). The molecule has 1 atom stereocenters. The van der Waals surface area contributed by atoms with Gasteiger partial charge in [0.05, 0.1) is 24.8 Å². The molecule has 158 valence electrons. The number of likely N-dealkylation sites (tertiary alicyclic amines) is 1. The molecule has 0 spiro atoms. The van der Waals surface area contributed by atoms with E-state index >= 15 is 0 Å². The van der Waals surface area contributed by atoms with Gasteiger partial charge in [0.25, 0.3) is 11.7 Å². The SMILES string of the molecule is CCOc1ccc(/C(O)=C2/C(=O)C(=O)N(Cc3cccs3)C2c2ccccc2C)cc1. The van der Waals surface area contributed by atoms with Gasteiger partial charge < -0.3 is 14.7 Å². The van der Waals surface area contributed by atoms with Crippen LogP contribution in [0, 0.1) is 6.92 Å². The van der Waals surface area contributed by atoms with Crippen molar-refractivity contribution >= 4 is 28.8 Å². The Hall–Kier alpha value is -3.38. The third-order valence-corrected chi connectivity index (χ3v) is 6.23. The Morgan fingerprint density at radius 2 is 1.81 bits per heavy atom. The number of nitrogens with zero attached hydrogens (tertiary/aromatic N) is 1. The van der Waals surface area contributed by atoms with Gasteiger partial charge in [-0.25, -0.2) is 0 Å². The molecule has 1 fully saturated rings. The first-order valence-electron chi connectivity index (χ1n) is 10.1. The molecule has 6 heteroatoms. The summed E-state index contributed by atoms with van der Waals surface area (Å²) in [7, 11) is 0. The Morgan fingerprint density at radius 3 is 2.45 bits per heavy atom. The van der Waals surface area contributed by atoms with E-state index in [2.05, 4.69) is 0 Å². The minimum absolute atomic E-state index is 0.111. The fourth-order valence-corrected chi connectivity index (χ4v) is 4.56. The van der Waals surface area contributed by atoms with Gasteiger partial charge in [-0.05, 0) is 60.7 Å². The quantitative estimate of drug-likeness (QED) is 0.335. The van der Waals surface area contributed by atoms with Gasteiger partial charge in [0.2, 0.25) is 0 Å². The lowest BCUT2D eigenvalue weighted by Gasteiger charge is -2.26. The summed E-state index contributed by atoms with van der Waals surface area (Å²) in [5, 5.41) is 13.1. The highest BCUT2D eigenvalue weighted by Gasteiger charge is 2.46. The molecule has 1 aliphatic heterocycles. The summed E-state index contributed by atoms with van der Waals surface area (Å²) < 4.78 is 5.46. The van der Waals surface area contributed by atoms with Gasteiger partial charge in [0.15, 0.2) is 0 Å². The first-order valence-corrected chi connectivity index (χ1v) is 11.0. The zero-order chi connectivity index (χ0) is 22.0. The van der Waals surface area contributed by atoms with Crippen LogP contribution in [0.15, 0.2) is 71.6 Å². The molecule has 1 unspecified atom stereocenters. The zero-order valence-corrected chi connectivity index (χ0v) is 18.2. The fourth-order valence-electron chi connectivity index (χ4n) is 3.86. The number of hydrogen-bond acceptors (Lipinski definition) is 5. The van der Waals surface area contributed by atoms with Crippen molar-refractivity contribution in [1.82, 2.24) is 4.90 Å². The summed E-state index contributed by atoms with van der Waals surface area (Å²) in [5.74, 6) is -0.777. The van der Waals surface area contributed by atoms with Crippen LogP contribution >= 0.6 is 11.3 Å². The first kappa shape index (κ1) is 20.9. The normalized spacial score (nSPS) is 17.9. The molecule has 0 radical (unpaired) electrons. The predicted molar refractivity (Wildman–Crippen MR) is 121 cm³/mol. The molecule has 2 heterocycles. The number of Topliss-reactive ketones (excluding diaryl/α,β-unsaturated/α-hetero) is 1. The Balaban J connectivity index is 1.84. The monoisotopic (exact) mass is 433 g/mol. The number of amides is 1. The highest BCUT2D eigenvalue weighted by molar-refractivity contribution is 7.09. The third kappa shape index (κ3) is 3.99. The smallest absolute Gasteiger partial charge is 0.295 e. The van der Waals surface area contributed by atoms with E-state index in [1.807, 2.05) is 55.6 Å². The second-order valence-corrected chi connectivity index (χ2v) is 8.35. The molecule has 1 aromatic heterocycles. The van der Waals surface area contributed by atoms with Crippen LogP contribution in [-0.2, 0) is 16.1 Å². The lowest BCUT2D eigenvalue weighted by atomic mass is 9.92. The van der Waals surface area contributed by atoms with Gasteiger partial charge in [-0.1, -0.05) is 30.3 Å². The van der Waals surface area contributed by atoms with Crippen molar-refractivity contribution in [3.05, 3.63) is 93.2 Å². The fraction of sp³-hybridized carbons (Fsp3) is 0.200. The average molecular weight is 434 g/mol. The molecule has 1 aliphatic rings. The van der Waals surface area contributed by atoms with E-state index in [1.54, 1.807) is 29.2 Å². The van der Waals surface area contributed by atoms with E-state index in [4.69, 9.17) is 4.74 Å². The van der Waals surface area contributed by atoms with E-state index in [0.29, 0.717) is 24.5 Å². The Labute approximate surface area is 185 Å². The Bertz CT molecular complexity index is 1130. The summed E-state index contributed by atoms with van der Waals surface area (Å²) in [5.41, 5.74) is 2.35. The number of hydrogen-bond donors (Lipinski definition) is 1. The molecule has 5 nitrogen and oxygen atoms in total. The topological polar surface area (TPSA) is 66.8 Å². The second-order valence-electron chi connectivity index (χ2n) is 7.32. The van der Waals surface area contributed by atoms with Crippen molar-refractivity contribution in [2.24, 2.45) is 0 Å². The van der Waals surface area contributed by atoms with E-state index in [9.17, 15) is 14.7 Å². The zero-order valence-electron chi connectivity index (χ0n) is 17.4. The molecule has 0 aliphatic carbocycles. The molecule has 31 heavy (non-hydrogen) atoms. The van der Waals surface area contributed by atoms with Gasteiger partial charge >= 0.3 is 0 Å². The van der Waals surface area contributed by atoms with Crippen LogP contribution in [0.2, 0.25) is 0 Å². The summed E-state index contributed by atoms with van der Waals surface area (Å²) in [6.45, 7) is 4.68. The molecule has 1 N–H and O–H groups in total. The van der Waals surface area contributed by atoms with Crippen molar-refractivity contribution < 1.29 is 19.4 Å². The molecule has 2 aromatic carbocycles. The maximum absolute atomic E-state index is 13.1. The summed E-state index contributed by atoms with van der Waals surface area (Å²) >= 11 is 1.53. The maximum Gasteiger partial charge on any atom is 0.295 e. The molecule has 1 saturated heterocycles. The van der Waals surface area contributed by atoms with Crippen molar-refractivity contribution in [2.45, 2.75) is 26.4 Å². The highest BCUT2D eigenvalue weighted by atomic mass is 32.1. The number of thiophene rings is 1. The molecule has 0 saturated carbocycles. The number of carbonyl (C=O) groups excluding carboxylic acids is 2. The molecule has 3 aromatic rings. The molecular weight excluding hydrogens is 410 g/mol. The van der Waals surface area contributed by atoms with Crippen LogP contribution in [0.4, 0.5) is 0 Å². The number of aliphatic hydroxyl groups is 1. The van der Waals surface area contributed by atoms with Crippen LogP contribution in [0.1, 0.15) is 34.5 Å². The lowest BCUT2D eigenvalue weighted by Crippen LogP contribution is -2.29. The average Bonchev–Trinajstić information content (AvgIpc) is 3.37. The number of aliphatic hydroxyl groups excluding tert-OH is 1. The van der Waals surface area contributed by atoms with Crippen LogP contribution in [-0.4, -0.2) is 28.3 Å². The Morgan fingerprint density at radius 1 is 1.06 bits per heavy atom. The summed E-state index contributed by atoms with van der Waals surface area (Å²) in [6, 6.07) is 17.7. The second kappa shape index (κ2) is 8.78. The van der Waals surface area contributed by atoms with Crippen molar-refractivity contribution in [1.29, 1.82) is 0 Å². The summed E-state index contributed by atoms with van der Waals surface area (Å²) in [4.78, 5) is 28.6. The number of ketones is 1. The van der Waals surface area contributed by atoms with Gasteiger partial charge in [-0.15, -0.1) is 11.3 Å². The van der Waals surface area contributed by atoms with Crippen LogP contribution in [0.25, 0.3) is 5.76 Å². The standard InChI is InChI=1S/C25H23NO4S/c1-3-30-18-12-10-17(11-13-18)23(27)21-22(20-9-5-4-7-16(20)2)26(25(29)24(21)28)15-19-8-6-14-31-19/h4-14,22,27H,3,15H2,1-2H3/b23-21-. The molecule has 1 amide bonds. The third-order valence-electron chi connectivity index (χ3n) is 5.37. The van der Waals surface area contributed by atoms with Crippen molar-refractivity contribution in [3.63, 3.8) is 0 Å². The van der Waals surface area contributed by atoms with Crippen LogP contribution in [0.3, 0.4) is 0 Å². The van der Waals surface area contributed by atoms with E-state index in [1.165, 1.54) is 11.3 Å². The predicted octanol–water partition coefficient (Wildman–Crippen LogP) is 5.08.